The van der Waals surface area contributed by atoms with Gasteiger partial charge in [-0.3, -0.25) is 4.79 Å². The summed E-state index contributed by atoms with van der Waals surface area (Å²) in [4.78, 5) is 14.1. The van der Waals surface area contributed by atoms with Crippen LogP contribution in [0.25, 0.3) is 0 Å². The average molecular weight is 276 g/mol. The number of carbonyl (C=O) groups excluding carboxylic acids is 1. The molecule has 1 N–H and O–H groups in total. The minimum Gasteiger partial charge on any atom is -0.321 e. The number of aryl methyl sites for hydroxylation is 1. The van der Waals surface area contributed by atoms with Gasteiger partial charge in [0.15, 0.2) is 0 Å². The summed E-state index contributed by atoms with van der Waals surface area (Å²) in [6, 6.07) is 11.4. The molecule has 90 valence electrons. The van der Waals surface area contributed by atoms with Gasteiger partial charge >= 0.3 is 0 Å². The standard InChI is InChI=1S/C14H10ClNOS/c1-8-2-4-13-11(6-8)16-14(17)10-7-9(15)3-5-12(10)18-13/h2-7H,1H3,(H,16,17). The summed E-state index contributed by atoms with van der Waals surface area (Å²) in [5.41, 5.74) is 2.61. The zero-order chi connectivity index (χ0) is 12.7. The van der Waals surface area contributed by atoms with Gasteiger partial charge in [-0.15, -0.1) is 0 Å². The number of benzene rings is 2. The minimum atomic E-state index is -0.107. The molecule has 0 atom stereocenters. The molecular formula is C14H10ClNOS. The van der Waals surface area contributed by atoms with Gasteiger partial charge in [-0.2, -0.15) is 0 Å². The lowest BCUT2D eigenvalue weighted by Gasteiger charge is -2.06. The number of hydrogen-bond donors (Lipinski definition) is 1. The summed E-state index contributed by atoms with van der Waals surface area (Å²) in [5.74, 6) is -0.107. The zero-order valence-electron chi connectivity index (χ0n) is 9.66. The SMILES string of the molecule is Cc1ccc2c(c1)NC(=O)c1cc(Cl)ccc1S2. The first kappa shape index (κ1) is 11.6. The highest BCUT2D eigenvalue weighted by Crippen LogP contribution is 2.39. The molecule has 4 heteroatoms. The first-order valence-corrected chi connectivity index (χ1v) is 6.72. The van der Waals surface area contributed by atoms with Crippen molar-refractivity contribution < 1.29 is 4.79 Å². The van der Waals surface area contributed by atoms with Crippen molar-refractivity contribution in [2.75, 3.05) is 5.32 Å². The molecule has 0 saturated heterocycles. The Hall–Kier alpha value is -1.45. The van der Waals surface area contributed by atoms with Crippen LogP contribution in [0, 0.1) is 6.92 Å². The van der Waals surface area contributed by atoms with E-state index in [9.17, 15) is 4.79 Å². The lowest BCUT2D eigenvalue weighted by atomic mass is 10.2. The maximum absolute atomic E-state index is 12.1. The lowest BCUT2D eigenvalue weighted by molar-refractivity contribution is 0.102. The third-order valence-corrected chi connectivity index (χ3v) is 4.18. The highest BCUT2D eigenvalue weighted by molar-refractivity contribution is 7.99. The van der Waals surface area contributed by atoms with E-state index < -0.39 is 0 Å². The molecule has 0 bridgehead atoms. The van der Waals surface area contributed by atoms with Crippen molar-refractivity contribution in [1.29, 1.82) is 0 Å². The van der Waals surface area contributed by atoms with Crippen LogP contribution in [0.2, 0.25) is 5.02 Å². The first-order valence-electron chi connectivity index (χ1n) is 5.53. The average Bonchev–Trinajstić information content (AvgIpc) is 2.46. The number of rotatable bonds is 0. The Labute approximate surface area is 114 Å². The van der Waals surface area contributed by atoms with Gasteiger partial charge in [0.2, 0.25) is 0 Å². The highest BCUT2D eigenvalue weighted by atomic mass is 35.5. The second kappa shape index (κ2) is 4.34. The monoisotopic (exact) mass is 275 g/mol. The van der Waals surface area contributed by atoms with Crippen LogP contribution in [0.1, 0.15) is 15.9 Å². The number of carbonyl (C=O) groups is 1. The molecule has 0 aliphatic carbocycles. The highest BCUT2D eigenvalue weighted by Gasteiger charge is 2.20. The van der Waals surface area contributed by atoms with E-state index in [1.165, 1.54) is 0 Å². The van der Waals surface area contributed by atoms with E-state index >= 15 is 0 Å². The minimum absolute atomic E-state index is 0.107. The van der Waals surface area contributed by atoms with Crippen molar-refractivity contribution in [2.24, 2.45) is 0 Å². The predicted molar refractivity (Wildman–Crippen MR) is 74.7 cm³/mol. The molecule has 0 saturated carbocycles. The van der Waals surface area contributed by atoms with Gasteiger partial charge in [-0.05, 0) is 42.8 Å². The number of hydrogen-bond acceptors (Lipinski definition) is 2. The normalized spacial score (nSPS) is 13.3. The van der Waals surface area contributed by atoms with Crippen molar-refractivity contribution >= 4 is 35.0 Å². The van der Waals surface area contributed by atoms with Crippen LogP contribution in [0.5, 0.6) is 0 Å². The van der Waals surface area contributed by atoms with Crippen LogP contribution in [0.4, 0.5) is 5.69 Å². The van der Waals surface area contributed by atoms with Crippen LogP contribution in [-0.4, -0.2) is 5.91 Å². The Kier molecular flexibility index (Phi) is 2.80. The van der Waals surface area contributed by atoms with Crippen LogP contribution in [0.3, 0.4) is 0 Å². The van der Waals surface area contributed by atoms with Gasteiger partial charge in [-0.25, -0.2) is 0 Å². The van der Waals surface area contributed by atoms with Crippen LogP contribution >= 0.6 is 23.4 Å². The molecule has 0 spiro atoms. The van der Waals surface area contributed by atoms with E-state index in [1.54, 1.807) is 23.9 Å². The third kappa shape index (κ3) is 2.00. The Morgan fingerprint density at radius 1 is 1.11 bits per heavy atom. The van der Waals surface area contributed by atoms with E-state index in [2.05, 4.69) is 5.32 Å². The molecule has 1 aliphatic heterocycles. The van der Waals surface area contributed by atoms with Crippen LogP contribution in [0.15, 0.2) is 46.2 Å². The van der Waals surface area contributed by atoms with Gasteiger partial charge in [0, 0.05) is 14.8 Å². The van der Waals surface area contributed by atoms with Gasteiger partial charge in [-0.1, -0.05) is 29.4 Å². The molecule has 2 aromatic rings. The fourth-order valence-corrected chi connectivity index (χ4v) is 3.07. The van der Waals surface area contributed by atoms with E-state index in [1.807, 2.05) is 31.2 Å². The molecule has 3 rings (SSSR count). The molecule has 18 heavy (non-hydrogen) atoms. The molecule has 1 amide bonds. The summed E-state index contributed by atoms with van der Waals surface area (Å²) in [6.07, 6.45) is 0. The number of halogens is 1. The fraction of sp³-hybridized carbons (Fsp3) is 0.0714. The molecule has 0 unspecified atom stereocenters. The molecule has 1 aliphatic rings. The van der Waals surface area contributed by atoms with E-state index in [0.29, 0.717) is 10.6 Å². The molecule has 2 aromatic carbocycles. The second-order valence-electron chi connectivity index (χ2n) is 4.20. The zero-order valence-corrected chi connectivity index (χ0v) is 11.2. The topological polar surface area (TPSA) is 29.1 Å². The largest absolute Gasteiger partial charge is 0.321 e. The van der Waals surface area contributed by atoms with Crippen molar-refractivity contribution in [3.63, 3.8) is 0 Å². The number of fused-ring (bicyclic) bond motifs is 2. The number of nitrogens with one attached hydrogen (secondary N) is 1. The van der Waals surface area contributed by atoms with Gasteiger partial charge in [0.05, 0.1) is 11.3 Å². The van der Waals surface area contributed by atoms with E-state index in [-0.39, 0.29) is 5.91 Å². The fourth-order valence-electron chi connectivity index (χ4n) is 1.91. The molecule has 0 fully saturated rings. The first-order chi connectivity index (χ1) is 8.63. The van der Waals surface area contributed by atoms with Crippen molar-refractivity contribution in [3.05, 3.63) is 52.5 Å². The molecule has 1 heterocycles. The van der Waals surface area contributed by atoms with E-state index in [4.69, 9.17) is 11.6 Å². The molecule has 0 aromatic heterocycles. The summed E-state index contributed by atoms with van der Waals surface area (Å²) in [6.45, 7) is 2.01. The van der Waals surface area contributed by atoms with Crippen LogP contribution < -0.4 is 5.32 Å². The van der Waals surface area contributed by atoms with Gasteiger partial charge < -0.3 is 5.32 Å². The maximum atomic E-state index is 12.1. The Morgan fingerprint density at radius 3 is 2.72 bits per heavy atom. The Balaban J connectivity index is 2.16. The van der Waals surface area contributed by atoms with E-state index in [0.717, 1.165) is 21.0 Å². The quantitative estimate of drug-likeness (QED) is 0.774. The smallest absolute Gasteiger partial charge is 0.256 e. The second-order valence-corrected chi connectivity index (χ2v) is 5.72. The van der Waals surface area contributed by atoms with Gasteiger partial charge in [0.1, 0.15) is 0 Å². The molecular weight excluding hydrogens is 266 g/mol. The molecule has 2 nitrogen and oxygen atoms in total. The van der Waals surface area contributed by atoms with Crippen molar-refractivity contribution in [1.82, 2.24) is 0 Å². The maximum Gasteiger partial charge on any atom is 0.256 e. The Bertz CT molecular complexity index is 654. The summed E-state index contributed by atoms with van der Waals surface area (Å²) < 4.78 is 0. The molecule has 0 radical (unpaired) electrons. The van der Waals surface area contributed by atoms with Crippen LogP contribution in [-0.2, 0) is 0 Å². The van der Waals surface area contributed by atoms with Gasteiger partial charge in [0.25, 0.3) is 5.91 Å². The lowest BCUT2D eigenvalue weighted by Crippen LogP contribution is -2.11. The summed E-state index contributed by atoms with van der Waals surface area (Å²) in [7, 11) is 0. The number of amides is 1. The van der Waals surface area contributed by atoms with Crippen molar-refractivity contribution in [3.8, 4) is 0 Å². The number of anilines is 1. The van der Waals surface area contributed by atoms with Crippen molar-refractivity contribution in [2.45, 2.75) is 16.7 Å². The Morgan fingerprint density at radius 2 is 1.89 bits per heavy atom. The summed E-state index contributed by atoms with van der Waals surface area (Å²) in [5, 5.41) is 3.50. The predicted octanol–water partition coefficient (Wildman–Crippen LogP) is 4.37. The summed E-state index contributed by atoms with van der Waals surface area (Å²) >= 11 is 7.53. The third-order valence-electron chi connectivity index (χ3n) is 2.79.